The van der Waals surface area contributed by atoms with Crippen LogP contribution in [0.2, 0.25) is 0 Å². The average Bonchev–Trinajstić information content (AvgIpc) is 3.83. The zero-order chi connectivity index (χ0) is 38.6. The van der Waals surface area contributed by atoms with Crippen molar-refractivity contribution >= 4 is 68.1 Å². The molecule has 280 valence electrons. The van der Waals surface area contributed by atoms with Gasteiger partial charge in [0.15, 0.2) is 0 Å². The monoisotopic (exact) mass is 726 g/mol. The standard InChI is InChI=1S/C40H46N4O9/c1-20-24(9-13-34(45)50-5)32-19-33-25(10-14-35(46)51-6)21(2)29(42-33)18-31-23(4)27(12-16-37(48)53-8)39(44-31)40(49)38-26(11-15-36(47)52-7)22(3)30(43-38)17-28(20)41-32/h17-19,41-43H,9-16H2,1-8H3. The van der Waals surface area contributed by atoms with Crippen LogP contribution in [0.4, 0.5) is 0 Å². The van der Waals surface area contributed by atoms with Gasteiger partial charge in [-0.25, -0.2) is 4.98 Å². The van der Waals surface area contributed by atoms with Gasteiger partial charge < -0.3 is 33.9 Å². The van der Waals surface area contributed by atoms with Crippen LogP contribution >= 0.6 is 0 Å². The molecule has 0 aliphatic carbocycles. The molecule has 0 saturated heterocycles. The van der Waals surface area contributed by atoms with Crippen molar-refractivity contribution in [3.63, 3.8) is 0 Å². The van der Waals surface area contributed by atoms with Crippen LogP contribution in [0.1, 0.15) is 83.8 Å². The van der Waals surface area contributed by atoms with Crippen LogP contribution in [0.5, 0.6) is 0 Å². The van der Waals surface area contributed by atoms with Crippen LogP contribution in [0, 0.1) is 20.8 Å². The lowest BCUT2D eigenvalue weighted by Gasteiger charge is -2.04. The fourth-order valence-electron chi connectivity index (χ4n) is 6.94. The molecular weight excluding hydrogens is 680 g/mol. The summed E-state index contributed by atoms with van der Waals surface area (Å²) in [6.07, 6.45) is 1.68. The van der Waals surface area contributed by atoms with E-state index < -0.39 is 11.9 Å². The summed E-state index contributed by atoms with van der Waals surface area (Å²) in [5.41, 5.74) is 10.7. The number of fused-ring (bicyclic) bond motifs is 8. The maximum atomic E-state index is 14.7. The SMILES string of the molecule is COC(=O)CCC1=C(C)c2cc3[nH]c(cc4[nH]c(cc5[nH]c(c(CCC(=O)OC)c5C)c(=O)c1n2)c(C)c4CCC(=O)OC)c(CCC(=O)OC)c3C. The third-order valence-electron chi connectivity index (χ3n) is 10.2. The summed E-state index contributed by atoms with van der Waals surface area (Å²) in [4.78, 5) is 79.1. The third kappa shape index (κ3) is 8.03. The molecule has 0 unspecified atom stereocenters. The van der Waals surface area contributed by atoms with E-state index in [1.54, 1.807) is 0 Å². The summed E-state index contributed by atoms with van der Waals surface area (Å²) < 4.78 is 19.7. The van der Waals surface area contributed by atoms with Gasteiger partial charge in [0.25, 0.3) is 0 Å². The highest BCUT2D eigenvalue weighted by atomic mass is 16.5. The molecule has 5 heterocycles. The number of H-pyrrole nitrogens is 3. The lowest BCUT2D eigenvalue weighted by atomic mass is 10.00. The van der Waals surface area contributed by atoms with Crippen molar-refractivity contribution < 1.29 is 38.1 Å². The Bertz CT molecular complexity index is 2340. The molecule has 0 fully saturated rings. The van der Waals surface area contributed by atoms with Crippen molar-refractivity contribution in [3.05, 3.63) is 73.2 Å². The summed E-state index contributed by atoms with van der Waals surface area (Å²) in [7, 11) is 5.36. The van der Waals surface area contributed by atoms with Crippen molar-refractivity contribution in [2.75, 3.05) is 28.4 Å². The first kappa shape index (κ1) is 38.5. The second kappa shape index (κ2) is 16.3. The number of allylic oxidation sites excluding steroid dienone is 2. The van der Waals surface area contributed by atoms with Crippen LogP contribution in [-0.4, -0.2) is 72.3 Å². The molecule has 4 aromatic rings. The van der Waals surface area contributed by atoms with Gasteiger partial charge in [0.05, 0.1) is 39.6 Å². The summed E-state index contributed by atoms with van der Waals surface area (Å²) in [6, 6.07) is 5.77. The smallest absolute Gasteiger partial charge is 0.305 e. The maximum Gasteiger partial charge on any atom is 0.305 e. The first-order valence-electron chi connectivity index (χ1n) is 17.5. The van der Waals surface area contributed by atoms with E-state index in [1.807, 2.05) is 45.9 Å². The van der Waals surface area contributed by atoms with Gasteiger partial charge in [-0.1, -0.05) is 0 Å². The predicted molar refractivity (Wildman–Crippen MR) is 201 cm³/mol. The van der Waals surface area contributed by atoms with Gasteiger partial charge in [0.2, 0.25) is 5.43 Å². The predicted octanol–water partition coefficient (Wildman–Crippen LogP) is 6.01. The number of hydrogen-bond donors (Lipinski definition) is 3. The number of nitrogens with zero attached hydrogens (tertiary/aromatic N) is 1. The fourth-order valence-corrected chi connectivity index (χ4v) is 6.94. The maximum absolute atomic E-state index is 14.7. The minimum Gasteiger partial charge on any atom is -0.469 e. The van der Waals surface area contributed by atoms with Crippen molar-refractivity contribution in [3.8, 4) is 0 Å². The Morgan fingerprint density at radius 3 is 1.43 bits per heavy atom. The minimum absolute atomic E-state index is 0.0472. The number of aromatic nitrogens is 4. The van der Waals surface area contributed by atoms with Crippen LogP contribution in [0.15, 0.2) is 23.0 Å². The lowest BCUT2D eigenvalue weighted by molar-refractivity contribution is -0.141. The summed E-state index contributed by atoms with van der Waals surface area (Å²) in [6.45, 7) is 7.68. The van der Waals surface area contributed by atoms with E-state index in [-0.39, 0.29) is 61.6 Å². The number of rotatable bonds is 12. The molecule has 13 nitrogen and oxygen atoms in total. The van der Waals surface area contributed by atoms with Crippen molar-refractivity contribution in [1.82, 2.24) is 19.9 Å². The van der Waals surface area contributed by atoms with Crippen LogP contribution in [0.3, 0.4) is 0 Å². The number of nitrogens with one attached hydrogen (secondary N) is 3. The molecule has 0 spiro atoms. The van der Waals surface area contributed by atoms with E-state index in [0.29, 0.717) is 40.7 Å². The van der Waals surface area contributed by atoms with E-state index in [1.165, 1.54) is 28.4 Å². The van der Waals surface area contributed by atoms with E-state index in [4.69, 9.17) is 23.9 Å². The van der Waals surface area contributed by atoms with Crippen molar-refractivity contribution in [2.45, 2.75) is 79.1 Å². The second-order valence-corrected chi connectivity index (χ2v) is 13.1. The minimum atomic E-state index is -0.415. The number of aromatic amines is 3. The first-order valence-corrected chi connectivity index (χ1v) is 17.5. The topological polar surface area (TPSA) is 183 Å². The number of aryl methyl sites for hydroxylation is 6. The molecule has 0 radical (unpaired) electrons. The van der Waals surface area contributed by atoms with Crippen LogP contribution in [-0.2, 0) is 57.4 Å². The molecule has 4 aromatic heterocycles. The van der Waals surface area contributed by atoms with E-state index in [2.05, 4.69) is 15.0 Å². The molecule has 53 heavy (non-hydrogen) atoms. The Kier molecular flexibility index (Phi) is 11.8. The van der Waals surface area contributed by atoms with Gasteiger partial charge in [-0.3, -0.25) is 24.0 Å². The van der Waals surface area contributed by atoms with E-state index >= 15 is 0 Å². The highest BCUT2D eigenvalue weighted by Gasteiger charge is 2.24. The number of carbonyl (C=O) groups excluding carboxylic acids is 4. The molecule has 0 amide bonds. The molecule has 13 heteroatoms. The summed E-state index contributed by atoms with van der Waals surface area (Å²) in [5.74, 6) is -1.51. The second-order valence-electron chi connectivity index (χ2n) is 13.1. The number of hydrogen-bond acceptors (Lipinski definition) is 10. The molecule has 5 rings (SSSR count). The Morgan fingerprint density at radius 2 is 0.943 bits per heavy atom. The normalized spacial score (nSPS) is 11.9. The van der Waals surface area contributed by atoms with Crippen LogP contribution < -0.4 is 5.43 Å². The lowest BCUT2D eigenvalue weighted by Crippen LogP contribution is -2.11. The molecule has 1 aliphatic heterocycles. The largest absolute Gasteiger partial charge is 0.469 e. The van der Waals surface area contributed by atoms with Crippen molar-refractivity contribution in [1.29, 1.82) is 0 Å². The van der Waals surface area contributed by atoms with Gasteiger partial charge >= 0.3 is 23.9 Å². The first-order chi connectivity index (χ1) is 25.3. The van der Waals surface area contributed by atoms with Gasteiger partial charge in [-0.2, -0.15) is 0 Å². The van der Waals surface area contributed by atoms with Gasteiger partial charge in [0.1, 0.15) is 5.69 Å². The number of carbonyl (C=O) groups is 4. The molecule has 0 saturated carbocycles. The number of esters is 4. The fraction of sp³-hybridized carbons (Fsp3) is 0.400. The van der Waals surface area contributed by atoms with E-state index in [0.717, 1.165) is 55.5 Å². The Balaban J connectivity index is 1.94. The number of ether oxygens (including phenoxy) is 4. The zero-order valence-electron chi connectivity index (χ0n) is 31.5. The van der Waals surface area contributed by atoms with Crippen LogP contribution in [0.25, 0.3) is 44.2 Å². The Morgan fingerprint density at radius 1 is 0.547 bits per heavy atom. The van der Waals surface area contributed by atoms with E-state index in [9.17, 15) is 24.0 Å². The third-order valence-corrected chi connectivity index (χ3v) is 10.2. The average molecular weight is 727 g/mol. The molecule has 0 aromatic carbocycles. The Hall–Kier alpha value is -5.72. The quantitative estimate of drug-likeness (QED) is 0.115. The number of methoxy groups -OCH3 is 4. The highest BCUT2D eigenvalue weighted by Crippen LogP contribution is 2.34. The molecule has 8 bridgehead atoms. The highest BCUT2D eigenvalue weighted by molar-refractivity contribution is 5.94. The molecule has 3 N–H and O–H groups in total. The zero-order valence-corrected chi connectivity index (χ0v) is 31.5. The Labute approximate surface area is 306 Å². The molecule has 0 atom stereocenters. The molecular formula is C40H46N4O9. The molecule has 1 aliphatic rings. The summed E-state index contributed by atoms with van der Waals surface area (Å²) in [5, 5.41) is 0. The van der Waals surface area contributed by atoms with Gasteiger partial charge in [-0.15, -0.1) is 0 Å². The van der Waals surface area contributed by atoms with Gasteiger partial charge in [0, 0.05) is 53.3 Å². The van der Waals surface area contributed by atoms with Gasteiger partial charge in [-0.05, 0) is 116 Å². The summed E-state index contributed by atoms with van der Waals surface area (Å²) >= 11 is 0. The van der Waals surface area contributed by atoms with Crippen molar-refractivity contribution in [2.24, 2.45) is 0 Å².